The Kier molecular flexibility index (Phi) is 4.39. The van der Waals surface area contributed by atoms with E-state index >= 15 is 0 Å². The first-order valence-corrected chi connectivity index (χ1v) is 4.93. The van der Waals surface area contributed by atoms with Gasteiger partial charge in [0, 0.05) is 6.92 Å². The van der Waals surface area contributed by atoms with Crippen LogP contribution in [-0.4, -0.2) is 22.4 Å². The van der Waals surface area contributed by atoms with Crippen LogP contribution < -0.4 is 0 Å². The van der Waals surface area contributed by atoms with E-state index in [0.29, 0.717) is 12.3 Å². The lowest BCUT2D eigenvalue weighted by Gasteiger charge is -2.00. The molecule has 0 aliphatic heterocycles. The van der Waals surface area contributed by atoms with Crippen molar-refractivity contribution in [3.8, 4) is 0 Å². The van der Waals surface area contributed by atoms with Crippen LogP contribution >= 0.6 is 0 Å². The average Bonchev–Trinajstić information content (AvgIpc) is 2.28. The van der Waals surface area contributed by atoms with Gasteiger partial charge in [-0.3, -0.25) is 9.79 Å². The van der Waals surface area contributed by atoms with Gasteiger partial charge in [-0.1, -0.05) is 35.5 Å². The van der Waals surface area contributed by atoms with Crippen molar-refractivity contribution >= 4 is 17.2 Å². The first kappa shape index (κ1) is 12.1. The molecule has 0 atom stereocenters. The summed E-state index contributed by atoms with van der Waals surface area (Å²) in [4.78, 5) is 15.2. The van der Waals surface area contributed by atoms with Gasteiger partial charge in [-0.05, 0) is 12.5 Å². The molecule has 0 saturated carbocycles. The number of aliphatic imine (C=N–C) groups is 1. The van der Waals surface area contributed by atoms with Crippen molar-refractivity contribution < 1.29 is 10.0 Å². The van der Waals surface area contributed by atoms with Gasteiger partial charge in [0.25, 0.3) is 0 Å². The summed E-state index contributed by atoms with van der Waals surface area (Å²) in [5, 5.41) is 11.6. The molecule has 16 heavy (non-hydrogen) atoms. The zero-order valence-electron chi connectivity index (χ0n) is 9.34. The molecule has 84 valence electrons. The lowest BCUT2D eigenvalue weighted by molar-refractivity contribution is -0.111. The molecule has 1 aromatic rings. The quantitative estimate of drug-likeness (QED) is 0.477. The van der Waals surface area contributed by atoms with Gasteiger partial charge in [0.2, 0.25) is 0 Å². The van der Waals surface area contributed by atoms with E-state index in [1.807, 2.05) is 30.3 Å². The van der Waals surface area contributed by atoms with E-state index in [0.717, 1.165) is 5.56 Å². The van der Waals surface area contributed by atoms with E-state index in [4.69, 9.17) is 5.21 Å². The summed E-state index contributed by atoms with van der Waals surface area (Å²) in [5.41, 5.74) is 1.50. The highest BCUT2D eigenvalue weighted by Gasteiger charge is 2.09. The van der Waals surface area contributed by atoms with Gasteiger partial charge >= 0.3 is 0 Å². The maximum atomic E-state index is 11.1. The van der Waals surface area contributed by atoms with Crippen molar-refractivity contribution in [2.75, 3.05) is 0 Å². The minimum Gasteiger partial charge on any atom is -0.410 e. The second kappa shape index (κ2) is 5.80. The van der Waals surface area contributed by atoms with Crippen molar-refractivity contribution in [3.63, 3.8) is 0 Å². The van der Waals surface area contributed by atoms with Crippen LogP contribution in [0.5, 0.6) is 0 Å². The number of ketones is 1. The van der Waals surface area contributed by atoms with Gasteiger partial charge in [-0.25, -0.2) is 0 Å². The number of oxime groups is 1. The monoisotopic (exact) mass is 218 g/mol. The molecule has 1 N–H and O–H groups in total. The van der Waals surface area contributed by atoms with Gasteiger partial charge in [-0.2, -0.15) is 0 Å². The first-order chi connectivity index (χ1) is 7.65. The highest BCUT2D eigenvalue weighted by Crippen LogP contribution is 2.01. The van der Waals surface area contributed by atoms with Crippen LogP contribution in [0.2, 0.25) is 0 Å². The number of rotatable bonds is 4. The Hall–Kier alpha value is -1.97. The SMILES string of the molecule is CC(=O)/C(=N/O)C(C)=NCc1ccccc1. The van der Waals surface area contributed by atoms with Crippen molar-refractivity contribution in [3.05, 3.63) is 35.9 Å². The predicted octanol–water partition coefficient (Wildman–Crippen LogP) is 2.07. The minimum atomic E-state index is -0.295. The van der Waals surface area contributed by atoms with E-state index in [1.165, 1.54) is 6.92 Å². The summed E-state index contributed by atoms with van der Waals surface area (Å²) < 4.78 is 0. The number of nitrogens with zero attached hydrogens (tertiary/aromatic N) is 2. The van der Waals surface area contributed by atoms with Crippen molar-refractivity contribution in [2.45, 2.75) is 20.4 Å². The molecule has 0 aromatic heterocycles. The van der Waals surface area contributed by atoms with Crippen LogP contribution in [0.4, 0.5) is 0 Å². The number of hydrogen-bond acceptors (Lipinski definition) is 4. The fourth-order valence-corrected chi connectivity index (χ4v) is 1.27. The molecule has 4 nitrogen and oxygen atoms in total. The highest BCUT2D eigenvalue weighted by atomic mass is 16.4. The third kappa shape index (κ3) is 3.31. The first-order valence-electron chi connectivity index (χ1n) is 4.93. The zero-order valence-corrected chi connectivity index (χ0v) is 9.34. The molecule has 0 fully saturated rings. The number of Topliss-reactive ketones (excluding diaryl/α,β-unsaturated/α-hetero) is 1. The van der Waals surface area contributed by atoms with Crippen molar-refractivity contribution in [1.82, 2.24) is 0 Å². The van der Waals surface area contributed by atoms with Gasteiger partial charge in [0.15, 0.2) is 11.5 Å². The lowest BCUT2D eigenvalue weighted by Crippen LogP contribution is -2.19. The Balaban J connectivity index is 2.75. The molecule has 0 spiro atoms. The lowest BCUT2D eigenvalue weighted by atomic mass is 10.2. The third-order valence-electron chi connectivity index (χ3n) is 2.12. The third-order valence-corrected chi connectivity index (χ3v) is 2.12. The van der Waals surface area contributed by atoms with E-state index in [1.54, 1.807) is 6.92 Å². The summed E-state index contributed by atoms with van der Waals surface area (Å²) in [5.74, 6) is -0.295. The summed E-state index contributed by atoms with van der Waals surface area (Å²) in [6.45, 7) is 3.47. The molecule has 0 aliphatic rings. The smallest absolute Gasteiger partial charge is 0.183 e. The molecular weight excluding hydrogens is 204 g/mol. The molecule has 0 heterocycles. The van der Waals surface area contributed by atoms with E-state index in [9.17, 15) is 4.79 Å². The average molecular weight is 218 g/mol. The highest BCUT2D eigenvalue weighted by molar-refractivity contribution is 6.66. The van der Waals surface area contributed by atoms with E-state index < -0.39 is 0 Å². The topological polar surface area (TPSA) is 62.0 Å². The summed E-state index contributed by atoms with van der Waals surface area (Å²) in [7, 11) is 0. The Labute approximate surface area is 94.3 Å². The van der Waals surface area contributed by atoms with Crippen molar-refractivity contribution in [1.29, 1.82) is 0 Å². The Morgan fingerprint density at radius 1 is 1.25 bits per heavy atom. The second-order valence-electron chi connectivity index (χ2n) is 3.39. The van der Waals surface area contributed by atoms with E-state index in [-0.39, 0.29) is 11.5 Å². The molecule has 0 amide bonds. The van der Waals surface area contributed by atoms with Gasteiger partial charge < -0.3 is 5.21 Å². The minimum absolute atomic E-state index is 0.0101. The number of carbonyl (C=O) groups excluding carboxylic acids is 1. The van der Waals surface area contributed by atoms with Gasteiger partial charge in [0.1, 0.15) is 0 Å². The second-order valence-corrected chi connectivity index (χ2v) is 3.39. The van der Waals surface area contributed by atoms with Crippen LogP contribution in [0.3, 0.4) is 0 Å². The Bertz CT molecular complexity index is 422. The molecule has 0 radical (unpaired) electrons. The number of hydrogen-bond donors (Lipinski definition) is 1. The summed E-state index contributed by atoms with van der Waals surface area (Å²) >= 11 is 0. The fraction of sp³-hybridized carbons (Fsp3) is 0.250. The molecule has 4 heteroatoms. The van der Waals surface area contributed by atoms with Crippen LogP contribution in [-0.2, 0) is 11.3 Å². The summed E-state index contributed by atoms with van der Waals surface area (Å²) in [6, 6.07) is 9.66. The molecule has 0 aliphatic carbocycles. The fourth-order valence-electron chi connectivity index (χ4n) is 1.27. The molecular formula is C12H14N2O2. The zero-order chi connectivity index (χ0) is 12.0. The van der Waals surface area contributed by atoms with Crippen molar-refractivity contribution in [2.24, 2.45) is 10.1 Å². The van der Waals surface area contributed by atoms with Crippen LogP contribution in [0.25, 0.3) is 0 Å². The Morgan fingerprint density at radius 3 is 2.38 bits per heavy atom. The predicted molar refractivity (Wildman–Crippen MR) is 63.2 cm³/mol. The Morgan fingerprint density at radius 2 is 1.88 bits per heavy atom. The normalized spacial score (nSPS) is 12.6. The molecule has 0 bridgehead atoms. The molecule has 1 rings (SSSR count). The molecule has 0 unspecified atom stereocenters. The summed E-state index contributed by atoms with van der Waals surface area (Å²) in [6.07, 6.45) is 0. The molecule has 0 saturated heterocycles. The largest absolute Gasteiger partial charge is 0.410 e. The standard InChI is InChI=1S/C12H14N2O2/c1-9(12(14-16)10(2)15)13-8-11-6-4-3-5-7-11/h3-7,16H,8H2,1-2H3/b13-9?,14-12+. The van der Waals surface area contributed by atoms with Gasteiger partial charge in [-0.15, -0.1) is 0 Å². The molecule has 1 aromatic carbocycles. The maximum absolute atomic E-state index is 11.1. The number of benzene rings is 1. The maximum Gasteiger partial charge on any atom is 0.183 e. The van der Waals surface area contributed by atoms with Crippen LogP contribution in [0.1, 0.15) is 19.4 Å². The van der Waals surface area contributed by atoms with E-state index in [2.05, 4.69) is 10.1 Å². The van der Waals surface area contributed by atoms with Gasteiger partial charge in [0.05, 0.1) is 12.3 Å². The number of carbonyl (C=O) groups is 1. The van der Waals surface area contributed by atoms with Crippen LogP contribution in [0.15, 0.2) is 40.5 Å². The van der Waals surface area contributed by atoms with Crippen LogP contribution in [0, 0.1) is 0 Å².